The molecule has 1 aromatic carbocycles. The summed E-state index contributed by atoms with van der Waals surface area (Å²) in [6, 6.07) is 8.72. The van der Waals surface area contributed by atoms with Crippen LogP contribution in [0.3, 0.4) is 0 Å². The molecule has 1 amide bonds. The third-order valence-corrected chi connectivity index (χ3v) is 4.64. The molecule has 2 unspecified atom stereocenters. The van der Waals surface area contributed by atoms with Crippen molar-refractivity contribution in [3.63, 3.8) is 0 Å². The van der Waals surface area contributed by atoms with Gasteiger partial charge in [0.25, 0.3) is 0 Å². The van der Waals surface area contributed by atoms with Crippen LogP contribution in [0.2, 0.25) is 0 Å². The molecule has 2 aliphatic heterocycles. The number of halogens is 1. The monoisotopic (exact) mass is 324 g/mol. The summed E-state index contributed by atoms with van der Waals surface area (Å²) in [6.07, 6.45) is 5.10. The van der Waals surface area contributed by atoms with Gasteiger partial charge < -0.3 is 15.0 Å². The van der Waals surface area contributed by atoms with Crippen LogP contribution in [-0.4, -0.2) is 37.0 Å². The number of nitrogens with zero attached hydrogens (tertiary/aromatic N) is 1. The highest BCUT2D eigenvalue weighted by Gasteiger charge is 2.31. The lowest BCUT2D eigenvalue weighted by molar-refractivity contribution is -0.132. The van der Waals surface area contributed by atoms with Gasteiger partial charge in [0.2, 0.25) is 5.91 Å². The molecule has 2 heterocycles. The second-order valence-corrected chi connectivity index (χ2v) is 6.02. The van der Waals surface area contributed by atoms with Crippen LogP contribution in [0.4, 0.5) is 0 Å². The predicted octanol–water partition coefficient (Wildman–Crippen LogP) is 2.92. The Morgan fingerprint density at radius 1 is 1.36 bits per heavy atom. The largest absolute Gasteiger partial charge is 0.497 e. The van der Waals surface area contributed by atoms with Gasteiger partial charge in [0.1, 0.15) is 5.75 Å². The Morgan fingerprint density at radius 3 is 2.95 bits per heavy atom. The fourth-order valence-electron chi connectivity index (χ4n) is 3.52. The number of hydrogen-bond donors (Lipinski definition) is 1. The van der Waals surface area contributed by atoms with Gasteiger partial charge >= 0.3 is 0 Å². The van der Waals surface area contributed by atoms with Crippen LogP contribution in [0.5, 0.6) is 5.75 Å². The Balaban J connectivity index is 0.00000176. The topological polar surface area (TPSA) is 41.6 Å². The molecule has 0 saturated carbocycles. The number of amides is 1. The summed E-state index contributed by atoms with van der Waals surface area (Å²) >= 11 is 0. The molecule has 2 aliphatic rings. The maximum Gasteiger partial charge on any atom is 0.224 e. The van der Waals surface area contributed by atoms with Crippen molar-refractivity contribution in [3.8, 4) is 5.75 Å². The number of benzene rings is 1. The Bertz CT molecular complexity index is 503. The SMILES string of the molecule is COc1cccc(C2CCCN2C(=O)CC2CCCN2)c1.Cl. The van der Waals surface area contributed by atoms with E-state index in [2.05, 4.69) is 22.3 Å². The maximum absolute atomic E-state index is 12.6. The van der Waals surface area contributed by atoms with Gasteiger partial charge in [0, 0.05) is 19.0 Å². The lowest BCUT2D eigenvalue weighted by Crippen LogP contribution is -2.35. The first-order chi connectivity index (χ1) is 10.3. The van der Waals surface area contributed by atoms with Crippen molar-refractivity contribution in [1.82, 2.24) is 10.2 Å². The minimum absolute atomic E-state index is 0. The van der Waals surface area contributed by atoms with Crippen molar-refractivity contribution in [2.24, 2.45) is 0 Å². The smallest absolute Gasteiger partial charge is 0.224 e. The molecule has 2 saturated heterocycles. The highest BCUT2D eigenvalue weighted by atomic mass is 35.5. The van der Waals surface area contributed by atoms with E-state index in [1.807, 2.05) is 12.1 Å². The number of nitrogens with one attached hydrogen (secondary N) is 1. The lowest BCUT2D eigenvalue weighted by Gasteiger charge is -2.26. The number of carbonyl (C=O) groups is 1. The highest BCUT2D eigenvalue weighted by molar-refractivity contribution is 5.85. The van der Waals surface area contributed by atoms with Gasteiger partial charge in [-0.2, -0.15) is 0 Å². The second-order valence-electron chi connectivity index (χ2n) is 6.02. The predicted molar refractivity (Wildman–Crippen MR) is 89.6 cm³/mol. The summed E-state index contributed by atoms with van der Waals surface area (Å²) in [6.45, 7) is 1.94. The standard InChI is InChI=1S/C17H24N2O2.ClH/c1-21-15-7-2-5-13(11-15)16-8-4-10-19(16)17(20)12-14-6-3-9-18-14;/h2,5,7,11,14,16,18H,3-4,6,8-10,12H2,1H3;1H. The third kappa shape index (κ3) is 3.73. The van der Waals surface area contributed by atoms with Crippen LogP contribution in [0.15, 0.2) is 24.3 Å². The third-order valence-electron chi connectivity index (χ3n) is 4.64. The number of likely N-dealkylation sites (tertiary alicyclic amines) is 1. The van der Waals surface area contributed by atoms with E-state index in [1.54, 1.807) is 7.11 Å². The molecule has 4 nitrogen and oxygen atoms in total. The van der Waals surface area contributed by atoms with Crippen molar-refractivity contribution >= 4 is 18.3 Å². The number of methoxy groups -OCH3 is 1. The Labute approximate surface area is 138 Å². The summed E-state index contributed by atoms with van der Waals surface area (Å²) < 4.78 is 5.30. The van der Waals surface area contributed by atoms with Gasteiger partial charge in [-0.25, -0.2) is 0 Å². The van der Waals surface area contributed by atoms with Crippen molar-refractivity contribution in [1.29, 1.82) is 0 Å². The first-order valence-corrected chi connectivity index (χ1v) is 7.95. The zero-order chi connectivity index (χ0) is 14.7. The van der Waals surface area contributed by atoms with Crippen LogP contribution in [0.25, 0.3) is 0 Å². The van der Waals surface area contributed by atoms with E-state index in [4.69, 9.17) is 4.74 Å². The van der Waals surface area contributed by atoms with E-state index in [0.29, 0.717) is 18.4 Å². The average Bonchev–Trinajstić information content (AvgIpc) is 3.18. The zero-order valence-electron chi connectivity index (χ0n) is 13.1. The quantitative estimate of drug-likeness (QED) is 0.926. The molecule has 0 spiro atoms. The number of hydrogen-bond acceptors (Lipinski definition) is 3. The molecule has 0 radical (unpaired) electrons. The van der Waals surface area contributed by atoms with Gasteiger partial charge in [-0.1, -0.05) is 12.1 Å². The molecule has 122 valence electrons. The summed E-state index contributed by atoms with van der Waals surface area (Å²) in [7, 11) is 1.68. The molecular formula is C17H25ClN2O2. The van der Waals surface area contributed by atoms with E-state index < -0.39 is 0 Å². The van der Waals surface area contributed by atoms with Crippen LogP contribution in [-0.2, 0) is 4.79 Å². The fourth-order valence-corrected chi connectivity index (χ4v) is 3.52. The molecule has 2 fully saturated rings. The van der Waals surface area contributed by atoms with E-state index >= 15 is 0 Å². The Kier molecular flexibility index (Phi) is 6.09. The Morgan fingerprint density at radius 2 is 2.23 bits per heavy atom. The zero-order valence-corrected chi connectivity index (χ0v) is 13.9. The molecule has 3 rings (SSSR count). The first-order valence-electron chi connectivity index (χ1n) is 7.95. The molecule has 0 aliphatic carbocycles. The molecule has 1 aromatic rings. The number of carbonyl (C=O) groups excluding carboxylic acids is 1. The summed E-state index contributed by atoms with van der Waals surface area (Å²) in [5, 5.41) is 3.42. The first kappa shape index (κ1) is 17.1. The minimum atomic E-state index is 0. The van der Waals surface area contributed by atoms with E-state index in [0.717, 1.165) is 38.1 Å². The second kappa shape index (κ2) is 7.84. The Hall–Kier alpha value is -1.26. The van der Waals surface area contributed by atoms with Gasteiger partial charge in [-0.15, -0.1) is 12.4 Å². The number of rotatable bonds is 4. The summed E-state index contributed by atoms with van der Waals surface area (Å²) in [4.78, 5) is 14.7. The van der Waals surface area contributed by atoms with Crippen molar-refractivity contribution < 1.29 is 9.53 Å². The van der Waals surface area contributed by atoms with E-state index in [9.17, 15) is 4.79 Å². The van der Waals surface area contributed by atoms with Crippen molar-refractivity contribution in [2.45, 2.75) is 44.2 Å². The minimum Gasteiger partial charge on any atom is -0.497 e. The fraction of sp³-hybridized carbons (Fsp3) is 0.588. The van der Waals surface area contributed by atoms with Crippen LogP contribution < -0.4 is 10.1 Å². The molecule has 0 aromatic heterocycles. The molecule has 0 bridgehead atoms. The van der Waals surface area contributed by atoms with Crippen LogP contribution in [0, 0.1) is 0 Å². The molecule has 5 heteroatoms. The van der Waals surface area contributed by atoms with Crippen molar-refractivity contribution in [3.05, 3.63) is 29.8 Å². The van der Waals surface area contributed by atoms with E-state index in [1.165, 1.54) is 12.0 Å². The van der Waals surface area contributed by atoms with Gasteiger partial charge in [0.15, 0.2) is 0 Å². The normalized spacial score (nSPS) is 24.1. The molecular weight excluding hydrogens is 300 g/mol. The molecule has 22 heavy (non-hydrogen) atoms. The van der Waals surface area contributed by atoms with Gasteiger partial charge in [-0.05, 0) is 49.9 Å². The molecule has 2 atom stereocenters. The molecule has 1 N–H and O–H groups in total. The highest BCUT2D eigenvalue weighted by Crippen LogP contribution is 2.34. The number of ether oxygens (including phenoxy) is 1. The van der Waals surface area contributed by atoms with Gasteiger partial charge in [-0.3, -0.25) is 4.79 Å². The average molecular weight is 325 g/mol. The van der Waals surface area contributed by atoms with Crippen molar-refractivity contribution in [2.75, 3.05) is 20.2 Å². The summed E-state index contributed by atoms with van der Waals surface area (Å²) in [5.74, 6) is 1.16. The summed E-state index contributed by atoms with van der Waals surface area (Å²) in [5.41, 5.74) is 1.19. The van der Waals surface area contributed by atoms with Crippen LogP contribution in [0.1, 0.15) is 43.7 Å². The lowest BCUT2D eigenvalue weighted by atomic mass is 10.0. The van der Waals surface area contributed by atoms with Crippen LogP contribution >= 0.6 is 12.4 Å². The maximum atomic E-state index is 12.6. The van der Waals surface area contributed by atoms with Gasteiger partial charge in [0.05, 0.1) is 13.2 Å². The van der Waals surface area contributed by atoms with E-state index in [-0.39, 0.29) is 18.4 Å².